The van der Waals surface area contributed by atoms with Crippen LogP contribution in [0.3, 0.4) is 0 Å². The molecule has 0 bridgehead atoms. The molecule has 0 fully saturated rings. The molecular formula is C22H24N2O2. The van der Waals surface area contributed by atoms with Gasteiger partial charge < -0.3 is 10.2 Å². The van der Waals surface area contributed by atoms with Gasteiger partial charge in [-0.15, -0.1) is 0 Å². The van der Waals surface area contributed by atoms with Crippen molar-refractivity contribution in [2.75, 3.05) is 14.1 Å². The van der Waals surface area contributed by atoms with Crippen molar-refractivity contribution in [2.45, 2.75) is 25.8 Å². The first kappa shape index (κ1) is 17.9. The van der Waals surface area contributed by atoms with E-state index in [1.807, 2.05) is 48.5 Å². The fraction of sp³-hybridized carbons (Fsp3) is 0.273. The van der Waals surface area contributed by atoms with E-state index in [1.54, 1.807) is 25.1 Å². The maximum atomic E-state index is 12.6. The lowest BCUT2D eigenvalue weighted by Crippen LogP contribution is -2.44. The molecule has 26 heavy (non-hydrogen) atoms. The molecule has 3 rings (SSSR count). The summed E-state index contributed by atoms with van der Waals surface area (Å²) in [6.45, 7) is 4.19. The summed E-state index contributed by atoms with van der Waals surface area (Å²) in [5.74, 6) is -0.0553. The van der Waals surface area contributed by atoms with Gasteiger partial charge in [0, 0.05) is 48.1 Å². The first-order chi connectivity index (χ1) is 12.3. The van der Waals surface area contributed by atoms with Crippen LogP contribution in [-0.2, 0) is 6.42 Å². The molecule has 134 valence electrons. The van der Waals surface area contributed by atoms with Crippen molar-refractivity contribution in [1.29, 1.82) is 0 Å². The van der Waals surface area contributed by atoms with Gasteiger partial charge in [0.25, 0.3) is 5.91 Å². The van der Waals surface area contributed by atoms with Crippen LogP contribution < -0.4 is 5.32 Å². The number of hydrogen-bond acceptors (Lipinski definition) is 3. The molecule has 2 aromatic rings. The Bertz CT molecular complexity index is 880. The van der Waals surface area contributed by atoms with E-state index in [0.29, 0.717) is 11.1 Å². The molecule has 0 saturated carbocycles. The van der Waals surface area contributed by atoms with Crippen LogP contribution in [0.25, 0.3) is 5.70 Å². The van der Waals surface area contributed by atoms with Crippen molar-refractivity contribution < 1.29 is 9.59 Å². The number of nitrogens with zero attached hydrogens (tertiary/aromatic N) is 1. The van der Waals surface area contributed by atoms with Gasteiger partial charge in [0.1, 0.15) is 0 Å². The lowest BCUT2D eigenvalue weighted by atomic mass is 9.84. The van der Waals surface area contributed by atoms with Crippen molar-refractivity contribution in [3.8, 4) is 0 Å². The number of carbonyl (C=O) groups is 2. The van der Waals surface area contributed by atoms with Gasteiger partial charge in [-0.05, 0) is 38.0 Å². The maximum Gasteiger partial charge on any atom is 0.253 e. The van der Waals surface area contributed by atoms with Gasteiger partial charge >= 0.3 is 0 Å². The second-order valence-corrected chi connectivity index (χ2v) is 7.55. The smallest absolute Gasteiger partial charge is 0.253 e. The number of hydrogen-bond donors (Lipinski definition) is 1. The van der Waals surface area contributed by atoms with Crippen LogP contribution >= 0.6 is 0 Å². The minimum atomic E-state index is -0.199. The van der Waals surface area contributed by atoms with Crippen LogP contribution in [0.2, 0.25) is 0 Å². The van der Waals surface area contributed by atoms with Crippen molar-refractivity contribution in [3.05, 3.63) is 76.9 Å². The molecule has 1 N–H and O–H groups in total. The summed E-state index contributed by atoms with van der Waals surface area (Å²) in [7, 11) is 3.49. The second kappa shape index (κ2) is 6.79. The molecule has 0 spiro atoms. The zero-order chi connectivity index (χ0) is 18.9. The maximum absolute atomic E-state index is 12.6. The quantitative estimate of drug-likeness (QED) is 0.682. The van der Waals surface area contributed by atoms with Crippen LogP contribution in [0.15, 0.2) is 54.6 Å². The highest BCUT2D eigenvalue weighted by atomic mass is 16.2. The van der Waals surface area contributed by atoms with Crippen molar-refractivity contribution >= 4 is 17.4 Å². The highest BCUT2D eigenvalue weighted by Crippen LogP contribution is 2.31. The van der Waals surface area contributed by atoms with Crippen molar-refractivity contribution in [3.63, 3.8) is 0 Å². The Morgan fingerprint density at radius 3 is 2.38 bits per heavy atom. The predicted octanol–water partition coefficient (Wildman–Crippen LogP) is 3.54. The molecule has 0 unspecified atom stereocenters. The standard InChI is InChI=1S/C22H24N2O2/c1-22(2)14-17-12-16(21(26)24(3)4)10-11-18(17)19(23-22)13-20(25)15-8-6-5-7-9-15/h5-13,23H,14H2,1-4H3. The number of amides is 1. The number of carbonyl (C=O) groups excluding carboxylic acids is 2. The normalized spacial score (nSPS) is 16.5. The van der Waals surface area contributed by atoms with Gasteiger partial charge in [0.2, 0.25) is 0 Å². The molecule has 4 nitrogen and oxygen atoms in total. The van der Waals surface area contributed by atoms with Crippen LogP contribution in [0, 0.1) is 0 Å². The third kappa shape index (κ3) is 3.69. The summed E-state index contributed by atoms with van der Waals surface area (Å²) in [5.41, 5.74) is 3.98. The lowest BCUT2D eigenvalue weighted by Gasteiger charge is -2.36. The van der Waals surface area contributed by atoms with Crippen LogP contribution in [-0.4, -0.2) is 36.2 Å². The minimum Gasteiger partial charge on any atom is -0.379 e. The first-order valence-corrected chi connectivity index (χ1v) is 8.71. The Balaban J connectivity index is 2.03. The summed E-state index contributed by atoms with van der Waals surface area (Å²) in [5, 5.41) is 3.47. The lowest BCUT2D eigenvalue weighted by molar-refractivity contribution is 0.0827. The Hall–Kier alpha value is -2.88. The molecule has 1 amide bonds. The largest absolute Gasteiger partial charge is 0.379 e. The third-order valence-corrected chi connectivity index (χ3v) is 4.49. The van der Waals surface area contributed by atoms with Gasteiger partial charge in [-0.1, -0.05) is 36.4 Å². The van der Waals surface area contributed by atoms with E-state index >= 15 is 0 Å². The molecule has 1 heterocycles. The van der Waals surface area contributed by atoms with Crippen molar-refractivity contribution in [1.82, 2.24) is 10.2 Å². The summed E-state index contributed by atoms with van der Waals surface area (Å²) in [6.07, 6.45) is 2.44. The first-order valence-electron chi connectivity index (χ1n) is 8.71. The van der Waals surface area contributed by atoms with E-state index in [1.165, 1.54) is 0 Å². The van der Waals surface area contributed by atoms with Crippen molar-refractivity contribution in [2.24, 2.45) is 0 Å². The number of benzene rings is 2. The predicted molar refractivity (Wildman–Crippen MR) is 104 cm³/mol. The molecule has 0 saturated heterocycles. The third-order valence-electron chi connectivity index (χ3n) is 4.49. The molecule has 0 aromatic heterocycles. The van der Waals surface area contributed by atoms with E-state index < -0.39 is 0 Å². The Morgan fingerprint density at radius 2 is 1.73 bits per heavy atom. The van der Waals surface area contributed by atoms with Crippen LogP contribution in [0.1, 0.15) is 45.7 Å². The molecule has 4 heteroatoms. The Kier molecular flexibility index (Phi) is 4.68. The summed E-state index contributed by atoms with van der Waals surface area (Å²) < 4.78 is 0. The molecule has 0 aliphatic carbocycles. The molecule has 0 atom stereocenters. The fourth-order valence-electron chi connectivity index (χ4n) is 3.28. The molecule has 0 radical (unpaired) electrons. The monoisotopic (exact) mass is 348 g/mol. The number of nitrogens with one attached hydrogen (secondary N) is 1. The highest BCUT2D eigenvalue weighted by molar-refractivity contribution is 6.08. The molecule has 2 aromatic carbocycles. The number of fused-ring (bicyclic) bond motifs is 1. The van der Waals surface area contributed by atoms with E-state index in [2.05, 4.69) is 19.2 Å². The van der Waals surface area contributed by atoms with Gasteiger partial charge in [-0.25, -0.2) is 0 Å². The Morgan fingerprint density at radius 1 is 1.04 bits per heavy atom. The molecule has 1 aliphatic rings. The van der Waals surface area contributed by atoms with Gasteiger partial charge in [-0.3, -0.25) is 9.59 Å². The average Bonchev–Trinajstić information content (AvgIpc) is 2.60. The molecule has 1 aliphatic heterocycles. The highest BCUT2D eigenvalue weighted by Gasteiger charge is 2.28. The fourth-order valence-corrected chi connectivity index (χ4v) is 3.28. The van der Waals surface area contributed by atoms with E-state index in [4.69, 9.17) is 0 Å². The number of rotatable bonds is 3. The zero-order valence-corrected chi connectivity index (χ0v) is 15.7. The summed E-state index contributed by atoms with van der Waals surface area (Å²) >= 11 is 0. The Labute approximate surface area is 154 Å². The van der Waals surface area contributed by atoms with Gasteiger partial charge in [-0.2, -0.15) is 0 Å². The number of ketones is 1. The zero-order valence-electron chi connectivity index (χ0n) is 15.7. The van der Waals surface area contributed by atoms with E-state index in [-0.39, 0.29) is 17.2 Å². The number of allylic oxidation sites excluding steroid dienone is 1. The SMILES string of the molecule is CN(C)C(=O)c1ccc2c(c1)CC(C)(C)NC2=CC(=O)c1ccccc1. The summed E-state index contributed by atoms with van der Waals surface area (Å²) in [4.78, 5) is 26.5. The van der Waals surface area contributed by atoms with Crippen LogP contribution in [0.4, 0.5) is 0 Å². The van der Waals surface area contributed by atoms with Gasteiger partial charge in [0.05, 0.1) is 0 Å². The average molecular weight is 348 g/mol. The minimum absolute atomic E-state index is 0.0185. The topological polar surface area (TPSA) is 49.4 Å². The second-order valence-electron chi connectivity index (χ2n) is 7.55. The summed E-state index contributed by atoms with van der Waals surface area (Å²) in [6, 6.07) is 14.9. The van der Waals surface area contributed by atoms with E-state index in [9.17, 15) is 9.59 Å². The van der Waals surface area contributed by atoms with Crippen LogP contribution in [0.5, 0.6) is 0 Å². The van der Waals surface area contributed by atoms with E-state index in [0.717, 1.165) is 23.2 Å². The van der Waals surface area contributed by atoms with Gasteiger partial charge in [0.15, 0.2) is 5.78 Å². The molecular weight excluding hydrogens is 324 g/mol.